The van der Waals surface area contributed by atoms with E-state index in [9.17, 15) is 9.18 Å². The Morgan fingerprint density at radius 3 is 2.63 bits per heavy atom. The number of hydrazine groups is 1. The van der Waals surface area contributed by atoms with Gasteiger partial charge >= 0.3 is 0 Å². The molecule has 0 spiro atoms. The molecule has 0 aliphatic carbocycles. The molecule has 160 valence electrons. The van der Waals surface area contributed by atoms with E-state index >= 15 is 0 Å². The van der Waals surface area contributed by atoms with E-state index in [4.69, 9.17) is 23.2 Å². The van der Waals surface area contributed by atoms with Crippen LogP contribution in [-0.2, 0) is 4.79 Å². The maximum atomic E-state index is 14.3. The van der Waals surface area contributed by atoms with Crippen LogP contribution in [0.1, 0.15) is 30.2 Å². The minimum Gasteiger partial charge on any atom is -0.284 e. The summed E-state index contributed by atoms with van der Waals surface area (Å²) in [5.41, 5.74) is 3.66. The van der Waals surface area contributed by atoms with E-state index in [1.165, 1.54) is 11.3 Å². The van der Waals surface area contributed by atoms with Gasteiger partial charge < -0.3 is 0 Å². The van der Waals surface area contributed by atoms with E-state index in [0.717, 1.165) is 41.0 Å². The number of piperidine rings is 1. The molecular weight excluding hydrogens is 514 g/mol. The van der Waals surface area contributed by atoms with Crippen LogP contribution < -0.4 is 10.4 Å². The second-order valence-electron chi connectivity index (χ2n) is 7.26. The molecule has 2 unspecified atom stereocenters. The molecule has 1 saturated heterocycles. The first-order valence-corrected chi connectivity index (χ1v) is 12.0. The van der Waals surface area contributed by atoms with E-state index in [1.54, 1.807) is 23.2 Å². The van der Waals surface area contributed by atoms with Crippen molar-refractivity contribution in [3.8, 4) is 0 Å². The maximum absolute atomic E-state index is 14.3. The predicted octanol–water partition coefficient (Wildman–Crippen LogP) is 5.84. The fraction of sp³-hybridized carbons (Fsp3) is 0.400. The summed E-state index contributed by atoms with van der Waals surface area (Å²) in [4.78, 5) is 13.9. The minimum absolute atomic E-state index is 0.170. The highest BCUT2D eigenvalue weighted by atomic mass is 79.9. The molecule has 3 heterocycles. The van der Waals surface area contributed by atoms with Crippen molar-refractivity contribution >= 4 is 67.8 Å². The van der Waals surface area contributed by atoms with Crippen LogP contribution in [0.15, 0.2) is 39.2 Å². The van der Waals surface area contributed by atoms with Crippen LogP contribution in [0.25, 0.3) is 0 Å². The number of nitrogens with zero attached hydrogens (tertiary/aromatic N) is 3. The first-order chi connectivity index (χ1) is 14.5. The summed E-state index contributed by atoms with van der Waals surface area (Å²) in [7, 11) is 0. The Bertz CT molecular complexity index is 966. The zero-order valence-electron chi connectivity index (χ0n) is 16.0. The van der Waals surface area contributed by atoms with E-state index < -0.39 is 18.6 Å². The summed E-state index contributed by atoms with van der Waals surface area (Å²) in [6, 6.07) is 8.40. The number of rotatable bonds is 5. The highest BCUT2D eigenvalue weighted by Gasteiger charge is 2.43. The number of carbonyl (C=O) groups is 1. The van der Waals surface area contributed by atoms with Crippen molar-refractivity contribution in [2.24, 2.45) is 11.0 Å². The number of carbonyl (C=O) groups excluding carboxylic acids is 1. The van der Waals surface area contributed by atoms with Gasteiger partial charge in [-0.3, -0.25) is 19.6 Å². The number of hydrogen-bond donors (Lipinski definition) is 1. The molecule has 2 aliphatic heterocycles. The molecule has 2 aliphatic rings. The topological polar surface area (TPSA) is 47.9 Å². The molecule has 0 radical (unpaired) electrons. The van der Waals surface area contributed by atoms with Gasteiger partial charge in [0.2, 0.25) is 0 Å². The van der Waals surface area contributed by atoms with Crippen LogP contribution in [0, 0.1) is 5.92 Å². The lowest BCUT2D eigenvalue weighted by molar-refractivity contribution is -0.120. The zero-order valence-corrected chi connectivity index (χ0v) is 19.9. The smallest absolute Gasteiger partial charge is 0.282 e. The summed E-state index contributed by atoms with van der Waals surface area (Å²) in [6.45, 7) is 0.856. The first kappa shape index (κ1) is 22.0. The molecule has 1 fully saturated rings. The van der Waals surface area contributed by atoms with E-state index in [1.807, 2.05) is 17.1 Å². The second-order valence-corrected chi connectivity index (χ2v) is 10.6. The van der Waals surface area contributed by atoms with Gasteiger partial charge in [-0.1, -0.05) is 29.6 Å². The fourth-order valence-electron chi connectivity index (χ4n) is 3.83. The van der Waals surface area contributed by atoms with Gasteiger partial charge in [-0.15, -0.1) is 11.3 Å². The van der Waals surface area contributed by atoms with Crippen molar-refractivity contribution in [3.05, 3.63) is 49.0 Å². The van der Waals surface area contributed by atoms with Gasteiger partial charge in [-0.2, -0.15) is 5.10 Å². The van der Waals surface area contributed by atoms with Crippen LogP contribution in [0.2, 0.25) is 10.0 Å². The standard InChI is InChI=1S/C20H20BrCl2FN4OS/c21-17-7-6-16(30-17)19-13(11-24)18(20(29)26-27-8-2-1-3-9-27)25-28(19)15-5-4-12(22)10-14(15)23/h4-7,10,13,19H,1-3,8-9,11H2,(H,26,29). The van der Waals surface area contributed by atoms with Gasteiger partial charge in [0.05, 0.1) is 26.5 Å². The summed E-state index contributed by atoms with van der Waals surface area (Å²) in [5, 5.41) is 8.98. The number of anilines is 1. The van der Waals surface area contributed by atoms with Crippen LogP contribution in [0.5, 0.6) is 0 Å². The largest absolute Gasteiger partial charge is 0.284 e. The molecular formula is C20H20BrCl2FN4OS. The van der Waals surface area contributed by atoms with Crippen molar-refractivity contribution < 1.29 is 9.18 Å². The highest BCUT2D eigenvalue weighted by Crippen LogP contribution is 2.45. The zero-order chi connectivity index (χ0) is 21.3. The Kier molecular flexibility index (Phi) is 6.99. The van der Waals surface area contributed by atoms with E-state index in [0.29, 0.717) is 15.7 Å². The Labute approximate surface area is 196 Å². The molecule has 0 saturated carbocycles. The fourth-order valence-corrected chi connectivity index (χ4v) is 5.90. The van der Waals surface area contributed by atoms with Crippen molar-refractivity contribution in [2.45, 2.75) is 25.3 Å². The van der Waals surface area contributed by atoms with Gasteiger partial charge in [-0.05, 0) is 59.1 Å². The molecule has 1 N–H and O–H groups in total. The molecule has 1 aromatic heterocycles. The molecule has 10 heteroatoms. The van der Waals surface area contributed by atoms with E-state index in [-0.39, 0.29) is 11.6 Å². The van der Waals surface area contributed by atoms with Crippen LogP contribution in [-0.4, -0.2) is 36.4 Å². The first-order valence-electron chi connectivity index (χ1n) is 9.68. The maximum Gasteiger partial charge on any atom is 0.282 e. The monoisotopic (exact) mass is 532 g/mol. The third-order valence-electron chi connectivity index (χ3n) is 5.27. The van der Waals surface area contributed by atoms with E-state index in [2.05, 4.69) is 26.5 Å². The quantitative estimate of drug-likeness (QED) is 0.525. The predicted molar refractivity (Wildman–Crippen MR) is 124 cm³/mol. The molecule has 4 rings (SSSR count). The minimum atomic E-state index is -0.716. The highest BCUT2D eigenvalue weighted by molar-refractivity contribution is 9.11. The van der Waals surface area contributed by atoms with Gasteiger partial charge in [0.15, 0.2) is 0 Å². The average Bonchev–Trinajstić information content (AvgIpc) is 3.32. The van der Waals surface area contributed by atoms with Crippen molar-refractivity contribution in [3.63, 3.8) is 0 Å². The number of benzene rings is 1. The number of amides is 1. The van der Waals surface area contributed by atoms with Crippen molar-refractivity contribution in [1.29, 1.82) is 0 Å². The van der Waals surface area contributed by atoms with Crippen LogP contribution >= 0.6 is 50.5 Å². The summed E-state index contributed by atoms with van der Waals surface area (Å²) < 4.78 is 15.2. The number of halogens is 4. The third kappa shape index (κ3) is 4.53. The van der Waals surface area contributed by atoms with Gasteiger partial charge in [0.1, 0.15) is 12.4 Å². The normalized spacial score (nSPS) is 22.3. The summed E-state index contributed by atoms with van der Waals surface area (Å²) >= 11 is 17.4. The summed E-state index contributed by atoms with van der Waals surface area (Å²) in [6.07, 6.45) is 3.20. The second kappa shape index (κ2) is 9.53. The lowest BCUT2D eigenvalue weighted by atomic mass is 9.94. The Hall–Kier alpha value is -1.19. The SMILES string of the molecule is O=C(NN1CCCCC1)C1=NN(c2ccc(Cl)cc2Cl)C(c2ccc(Br)s2)C1CF. The molecule has 30 heavy (non-hydrogen) atoms. The molecule has 1 amide bonds. The van der Waals surface area contributed by atoms with Crippen LogP contribution in [0.3, 0.4) is 0 Å². The summed E-state index contributed by atoms with van der Waals surface area (Å²) in [5.74, 6) is -1.08. The van der Waals surface area contributed by atoms with Gasteiger partial charge in [-0.25, -0.2) is 5.01 Å². The molecule has 1 aromatic carbocycles. The Morgan fingerprint density at radius 1 is 1.23 bits per heavy atom. The molecule has 2 aromatic rings. The number of hydrazone groups is 1. The Balaban J connectivity index is 1.70. The average molecular weight is 534 g/mol. The van der Waals surface area contributed by atoms with Crippen LogP contribution in [0.4, 0.5) is 10.1 Å². The number of nitrogens with one attached hydrogen (secondary N) is 1. The third-order valence-corrected chi connectivity index (χ3v) is 7.50. The molecule has 2 atom stereocenters. The van der Waals surface area contributed by atoms with Crippen molar-refractivity contribution in [1.82, 2.24) is 10.4 Å². The van der Waals surface area contributed by atoms with Crippen molar-refractivity contribution in [2.75, 3.05) is 24.8 Å². The Morgan fingerprint density at radius 2 is 2.00 bits per heavy atom. The lowest BCUT2D eigenvalue weighted by Gasteiger charge is -2.28. The number of hydrogen-bond acceptors (Lipinski definition) is 5. The number of thiophene rings is 1. The number of alkyl halides is 1. The lowest BCUT2D eigenvalue weighted by Crippen LogP contribution is -2.48. The van der Waals surface area contributed by atoms with Gasteiger partial charge in [0.25, 0.3) is 5.91 Å². The molecule has 5 nitrogen and oxygen atoms in total. The van der Waals surface area contributed by atoms with Gasteiger partial charge in [0, 0.05) is 23.0 Å². The molecule has 0 bridgehead atoms.